The van der Waals surface area contributed by atoms with Crippen molar-refractivity contribution in [1.82, 2.24) is 33.9 Å². The number of nitriles is 1. The summed E-state index contributed by atoms with van der Waals surface area (Å²) in [5, 5.41) is 15.4. The van der Waals surface area contributed by atoms with Gasteiger partial charge in [0.2, 0.25) is 5.91 Å². The molecule has 1 aromatic carbocycles. The molecule has 2 aliphatic rings. The second kappa shape index (κ2) is 11.5. The molecule has 1 saturated carbocycles. The van der Waals surface area contributed by atoms with E-state index in [0.29, 0.717) is 31.5 Å². The summed E-state index contributed by atoms with van der Waals surface area (Å²) in [6.45, 7) is 2.51. The Morgan fingerprint density at radius 3 is 2.49 bits per heavy atom. The molecule has 16 heteroatoms. The number of nitrogens with two attached hydrogens (primary N) is 1. The maximum atomic E-state index is 15.4. The van der Waals surface area contributed by atoms with E-state index in [1.165, 1.54) is 27.9 Å². The summed E-state index contributed by atoms with van der Waals surface area (Å²) < 4.78 is 59.0. The summed E-state index contributed by atoms with van der Waals surface area (Å²) in [5.74, 6) is -1.14. The van der Waals surface area contributed by atoms with E-state index in [-0.39, 0.29) is 71.5 Å². The van der Waals surface area contributed by atoms with Crippen molar-refractivity contribution in [3.8, 4) is 17.3 Å². The predicted molar refractivity (Wildman–Crippen MR) is 152 cm³/mol. The molecule has 2 amide bonds. The second-order valence-electron chi connectivity index (χ2n) is 11.2. The summed E-state index contributed by atoms with van der Waals surface area (Å²) in [5.41, 5.74) is 5.10. The Hall–Kier alpha value is -5.04. The zero-order valence-corrected chi connectivity index (χ0v) is 24.1. The zero-order chi connectivity index (χ0) is 32.0. The van der Waals surface area contributed by atoms with Crippen LogP contribution in [-0.4, -0.2) is 78.0 Å². The SMILES string of the molecule is Cc1cc(Nc2nccn3c(-c4cn(CC#N)nc4C(F)(F)F)cnc23)cc(F)c1C(=O)N1CCN(C(=O)[C@H]2C[C@@H](N)C2)CC1. The van der Waals surface area contributed by atoms with E-state index in [4.69, 9.17) is 11.0 Å². The summed E-state index contributed by atoms with van der Waals surface area (Å²) >= 11 is 0. The lowest BCUT2D eigenvalue weighted by Gasteiger charge is -2.40. The van der Waals surface area contributed by atoms with Gasteiger partial charge in [-0.2, -0.15) is 23.5 Å². The van der Waals surface area contributed by atoms with Gasteiger partial charge >= 0.3 is 6.18 Å². The number of alkyl halides is 3. The Kier molecular flexibility index (Phi) is 7.65. The third kappa shape index (κ3) is 5.66. The number of nitrogens with one attached hydrogen (secondary N) is 1. The number of fused-ring (bicyclic) bond motifs is 1. The zero-order valence-electron chi connectivity index (χ0n) is 24.1. The summed E-state index contributed by atoms with van der Waals surface area (Å²) in [6, 6.07) is 4.54. The number of halogens is 4. The quantitative estimate of drug-likeness (QED) is 0.310. The molecule has 2 fully saturated rings. The maximum Gasteiger partial charge on any atom is 0.435 e. The number of nitrogens with zero attached hydrogens (tertiary/aromatic N) is 8. The molecule has 1 saturated heterocycles. The Balaban J connectivity index is 1.20. The minimum absolute atomic E-state index is 0.0460. The standard InChI is InChI=1S/C29H28F4N10O2/c1-16-10-19(13-21(30)23(16)28(45)41-8-6-40(7-9-41)27(44)17-11-18(35)12-17)38-25-26-37-14-22(43(26)5-3-36-25)20-15-42(4-2-34)39-24(20)29(31,32)33/h3,5,10,13-15,17-18H,4,6-9,11-12,35H2,1H3,(H,36,38)/t17-,18+. The fraction of sp³-hybridized carbons (Fsp3) is 0.379. The topological polar surface area (TPSA) is 150 Å². The highest BCUT2D eigenvalue weighted by Crippen LogP contribution is 2.37. The Labute approximate surface area is 254 Å². The normalized spacial score (nSPS) is 18.5. The van der Waals surface area contributed by atoms with Crippen LogP contribution >= 0.6 is 0 Å². The molecule has 0 spiro atoms. The van der Waals surface area contributed by atoms with E-state index in [2.05, 4.69) is 20.4 Å². The molecule has 1 aliphatic heterocycles. The summed E-state index contributed by atoms with van der Waals surface area (Å²) in [6.07, 6.45) is 1.68. The van der Waals surface area contributed by atoms with E-state index in [9.17, 15) is 22.8 Å². The molecule has 3 aromatic heterocycles. The number of benzene rings is 1. The van der Waals surface area contributed by atoms with Gasteiger partial charge in [-0.1, -0.05) is 0 Å². The summed E-state index contributed by atoms with van der Waals surface area (Å²) in [4.78, 5) is 37.7. The molecule has 1 aliphatic carbocycles. The molecule has 45 heavy (non-hydrogen) atoms. The molecule has 12 nitrogen and oxygen atoms in total. The van der Waals surface area contributed by atoms with Gasteiger partial charge in [-0.3, -0.25) is 18.7 Å². The number of hydrogen-bond acceptors (Lipinski definition) is 8. The van der Waals surface area contributed by atoms with Crippen LogP contribution in [0.5, 0.6) is 0 Å². The fourth-order valence-electron chi connectivity index (χ4n) is 5.81. The van der Waals surface area contributed by atoms with Gasteiger partial charge in [0.05, 0.1) is 29.1 Å². The molecular weight excluding hydrogens is 596 g/mol. The molecule has 0 bridgehead atoms. The number of imidazole rings is 1. The van der Waals surface area contributed by atoms with Crippen LogP contribution in [0, 0.1) is 30.0 Å². The first-order chi connectivity index (χ1) is 21.4. The van der Waals surface area contributed by atoms with E-state index < -0.39 is 23.6 Å². The second-order valence-corrected chi connectivity index (χ2v) is 11.2. The van der Waals surface area contributed by atoms with Crippen molar-refractivity contribution >= 4 is 29.0 Å². The lowest BCUT2D eigenvalue weighted by Crippen LogP contribution is -2.54. The number of aromatic nitrogens is 5. The molecule has 6 rings (SSSR count). The Bertz CT molecular complexity index is 1810. The van der Waals surface area contributed by atoms with Crippen molar-refractivity contribution in [3.63, 3.8) is 0 Å². The number of amides is 2. The smallest absolute Gasteiger partial charge is 0.339 e. The van der Waals surface area contributed by atoms with Crippen molar-refractivity contribution in [1.29, 1.82) is 5.26 Å². The predicted octanol–water partition coefficient (Wildman–Crippen LogP) is 3.35. The summed E-state index contributed by atoms with van der Waals surface area (Å²) in [7, 11) is 0. The molecule has 234 valence electrons. The largest absolute Gasteiger partial charge is 0.435 e. The molecule has 3 N–H and O–H groups in total. The number of hydrogen-bond donors (Lipinski definition) is 2. The first-order valence-electron chi connectivity index (χ1n) is 14.2. The molecular formula is C29H28F4N10O2. The number of piperazine rings is 1. The third-order valence-electron chi connectivity index (χ3n) is 8.13. The van der Waals surface area contributed by atoms with Crippen molar-refractivity contribution < 1.29 is 27.2 Å². The van der Waals surface area contributed by atoms with Crippen molar-refractivity contribution in [2.75, 3.05) is 31.5 Å². The van der Waals surface area contributed by atoms with Crippen LogP contribution < -0.4 is 11.1 Å². The van der Waals surface area contributed by atoms with Crippen molar-refractivity contribution in [2.24, 2.45) is 11.7 Å². The number of aryl methyl sites for hydroxylation is 1. The fourth-order valence-corrected chi connectivity index (χ4v) is 5.81. The van der Waals surface area contributed by atoms with Crippen LogP contribution in [0.2, 0.25) is 0 Å². The number of rotatable bonds is 6. The van der Waals surface area contributed by atoms with Crippen LogP contribution in [0.1, 0.15) is 34.5 Å². The lowest BCUT2D eigenvalue weighted by molar-refractivity contribution is -0.141. The maximum absolute atomic E-state index is 15.4. The van der Waals surface area contributed by atoms with Gasteiger partial charge in [0, 0.05) is 62.4 Å². The van der Waals surface area contributed by atoms with Gasteiger partial charge in [-0.15, -0.1) is 0 Å². The minimum atomic E-state index is -4.78. The molecule has 0 radical (unpaired) electrons. The lowest BCUT2D eigenvalue weighted by atomic mass is 9.80. The van der Waals surface area contributed by atoms with E-state index in [1.807, 2.05) is 0 Å². The Morgan fingerprint density at radius 2 is 1.84 bits per heavy atom. The highest BCUT2D eigenvalue weighted by atomic mass is 19.4. The van der Waals surface area contributed by atoms with Gasteiger partial charge < -0.3 is 20.9 Å². The minimum Gasteiger partial charge on any atom is -0.339 e. The van der Waals surface area contributed by atoms with Crippen LogP contribution in [0.3, 0.4) is 0 Å². The molecule has 0 atom stereocenters. The number of anilines is 2. The molecule has 4 aromatic rings. The first-order valence-corrected chi connectivity index (χ1v) is 14.2. The van der Waals surface area contributed by atoms with Crippen molar-refractivity contribution in [3.05, 3.63) is 59.6 Å². The van der Waals surface area contributed by atoms with E-state index in [0.717, 1.165) is 16.9 Å². The van der Waals surface area contributed by atoms with Crippen LogP contribution in [0.4, 0.5) is 29.1 Å². The molecule has 4 heterocycles. The van der Waals surface area contributed by atoms with Gasteiger partial charge in [0.25, 0.3) is 5.91 Å². The van der Waals surface area contributed by atoms with Gasteiger partial charge in [-0.05, 0) is 37.5 Å². The van der Waals surface area contributed by atoms with E-state index in [1.54, 1.807) is 24.0 Å². The van der Waals surface area contributed by atoms with Gasteiger partial charge in [0.15, 0.2) is 17.2 Å². The highest BCUT2D eigenvalue weighted by Gasteiger charge is 2.39. The van der Waals surface area contributed by atoms with Crippen LogP contribution in [-0.2, 0) is 17.5 Å². The number of carbonyl (C=O) groups is 2. The third-order valence-corrected chi connectivity index (χ3v) is 8.13. The van der Waals surface area contributed by atoms with E-state index >= 15 is 4.39 Å². The average molecular weight is 625 g/mol. The van der Waals surface area contributed by atoms with Crippen LogP contribution in [0.15, 0.2) is 36.9 Å². The highest BCUT2D eigenvalue weighted by molar-refractivity contribution is 5.97. The van der Waals surface area contributed by atoms with Crippen molar-refractivity contribution in [2.45, 2.75) is 38.5 Å². The first kappa shape index (κ1) is 30.0. The van der Waals surface area contributed by atoms with Gasteiger partial charge in [-0.25, -0.2) is 14.4 Å². The van der Waals surface area contributed by atoms with Gasteiger partial charge in [0.1, 0.15) is 12.4 Å². The average Bonchev–Trinajstić information content (AvgIpc) is 3.60. The number of carbonyl (C=O) groups excluding carboxylic acids is 2. The Morgan fingerprint density at radius 1 is 1.13 bits per heavy atom. The monoisotopic (exact) mass is 624 g/mol. The van der Waals surface area contributed by atoms with Crippen LogP contribution in [0.25, 0.3) is 16.9 Å². The molecule has 0 unspecified atom stereocenters.